The number of benzene rings is 2. The SMILES string of the molecule is Cc1nn(Cc2ccccc2Cl)c(C)c1NC(=O)c1ccn(COc2ccccc2[N+](=O)[O-])n1. The predicted octanol–water partition coefficient (Wildman–Crippen LogP) is 4.60. The minimum Gasteiger partial charge on any atom is -0.464 e. The topological polar surface area (TPSA) is 117 Å². The van der Waals surface area contributed by atoms with Gasteiger partial charge in [-0.05, 0) is 37.6 Å². The van der Waals surface area contributed by atoms with Gasteiger partial charge in [-0.15, -0.1) is 0 Å². The van der Waals surface area contributed by atoms with Crippen LogP contribution in [0.25, 0.3) is 0 Å². The molecule has 0 saturated carbocycles. The summed E-state index contributed by atoms with van der Waals surface area (Å²) < 4.78 is 8.67. The summed E-state index contributed by atoms with van der Waals surface area (Å²) in [5.41, 5.74) is 2.99. The third-order valence-corrected chi connectivity index (χ3v) is 5.55. The van der Waals surface area contributed by atoms with E-state index >= 15 is 0 Å². The molecule has 0 atom stereocenters. The summed E-state index contributed by atoms with van der Waals surface area (Å²) in [5.74, 6) is -0.292. The standard InChI is InChI=1S/C23H21ClN6O4/c1-15-22(16(2)29(26-15)13-17-7-3-4-8-18(17)24)25-23(31)19-11-12-28(27-19)14-34-21-10-6-5-9-20(21)30(32)33/h3-12H,13-14H2,1-2H3,(H,25,31). The van der Waals surface area contributed by atoms with Crippen LogP contribution in [-0.2, 0) is 13.3 Å². The second kappa shape index (κ2) is 9.75. The van der Waals surface area contributed by atoms with Crippen LogP contribution in [0.1, 0.15) is 27.4 Å². The molecule has 1 N–H and O–H groups in total. The van der Waals surface area contributed by atoms with E-state index in [2.05, 4.69) is 15.5 Å². The molecule has 174 valence electrons. The van der Waals surface area contributed by atoms with Crippen molar-refractivity contribution < 1.29 is 14.5 Å². The number of carbonyl (C=O) groups excluding carboxylic acids is 1. The van der Waals surface area contributed by atoms with Gasteiger partial charge in [-0.1, -0.05) is 41.9 Å². The maximum absolute atomic E-state index is 12.8. The van der Waals surface area contributed by atoms with Crippen molar-refractivity contribution in [3.8, 4) is 5.75 Å². The Balaban J connectivity index is 1.44. The smallest absolute Gasteiger partial charge is 0.311 e. The first kappa shape index (κ1) is 23.0. The summed E-state index contributed by atoms with van der Waals surface area (Å²) in [6, 6.07) is 15.1. The van der Waals surface area contributed by atoms with E-state index < -0.39 is 10.8 Å². The molecule has 0 fully saturated rings. The molecule has 34 heavy (non-hydrogen) atoms. The fourth-order valence-electron chi connectivity index (χ4n) is 3.42. The summed E-state index contributed by atoms with van der Waals surface area (Å²) in [7, 11) is 0. The third kappa shape index (κ3) is 4.91. The van der Waals surface area contributed by atoms with Gasteiger partial charge in [-0.25, -0.2) is 4.68 Å². The monoisotopic (exact) mass is 480 g/mol. The molecule has 2 aromatic carbocycles. The maximum Gasteiger partial charge on any atom is 0.311 e. The molecule has 2 aromatic heterocycles. The number of carbonyl (C=O) groups is 1. The van der Waals surface area contributed by atoms with E-state index in [4.69, 9.17) is 16.3 Å². The van der Waals surface area contributed by atoms with Gasteiger partial charge in [-0.3, -0.25) is 19.6 Å². The second-order valence-corrected chi connectivity index (χ2v) is 7.89. The Hall–Kier alpha value is -4.18. The van der Waals surface area contributed by atoms with Crippen LogP contribution in [0.5, 0.6) is 5.75 Å². The molecule has 0 aliphatic carbocycles. The maximum atomic E-state index is 12.8. The van der Waals surface area contributed by atoms with E-state index in [9.17, 15) is 14.9 Å². The molecule has 0 saturated heterocycles. The van der Waals surface area contributed by atoms with Gasteiger partial charge in [0, 0.05) is 17.3 Å². The molecule has 1 amide bonds. The zero-order valence-electron chi connectivity index (χ0n) is 18.4. The summed E-state index contributed by atoms with van der Waals surface area (Å²) in [6.45, 7) is 4.06. The molecule has 0 radical (unpaired) electrons. The fraction of sp³-hybridized carbons (Fsp3) is 0.174. The quantitative estimate of drug-likeness (QED) is 0.291. The van der Waals surface area contributed by atoms with E-state index in [1.165, 1.54) is 22.9 Å². The van der Waals surface area contributed by atoms with E-state index in [0.29, 0.717) is 22.9 Å². The Morgan fingerprint density at radius 1 is 1.12 bits per heavy atom. The van der Waals surface area contributed by atoms with E-state index in [1.54, 1.807) is 23.0 Å². The van der Waals surface area contributed by atoms with Crippen molar-refractivity contribution in [2.45, 2.75) is 27.1 Å². The van der Waals surface area contributed by atoms with Crippen LogP contribution in [-0.4, -0.2) is 30.4 Å². The number of nitrogens with zero attached hydrogens (tertiary/aromatic N) is 5. The first-order chi connectivity index (χ1) is 16.3. The zero-order chi connectivity index (χ0) is 24.2. The van der Waals surface area contributed by atoms with Crippen molar-refractivity contribution >= 4 is 28.9 Å². The molecule has 0 aliphatic heterocycles. The summed E-state index contributed by atoms with van der Waals surface area (Å²) in [5, 5.41) is 23.4. The minimum absolute atomic E-state index is 0.0913. The highest BCUT2D eigenvalue weighted by Crippen LogP contribution is 2.26. The third-order valence-electron chi connectivity index (χ3n) is 5.19. The Kier molecular flexibility index (Phi) is 6.60. The van der Waals surface area contributed by atoms with Crippen LogP contribution >= 0.6 is 11.6 Å². The van der Waals surface area contributed by atoms with Gasteiger partial charge in [0.1, 0.15) is 0 Å². The molecule has 2 heterocycles. The molecule has 0 aliphatic rings. The van der Waals surface area contributed by atoms with Gasteiger partial charge in [0.25, 0.3) is 5.91 Å². The van der Waals surface area contributed by atoms with E-state index in [1.807, 2.05) is 38.1 Å². The van der Waals surface area contributed by atoms with Crippen molar-refractivity contribution in [1.82, 2.24) is 19.6 Å². The number of aromatic nitrogens is 4. The molecule has 0 spiro atoms. The van der Waals surface area contributed by atoms with Crippen molar-refractivity contribution in [3.63, 3.8) is 0 Å². The van der Waals surface area contributed by atoms with Crippen LogP contribution in [0, 0.1) is 24.0 Å². The van der Waals surface area contributed by atoms with Gasteiger partial charge in [0.15, 0.2) is 18.2 Å². The number of halogens is 1. The Bertz CT molecular complexity index is 1360. The van der Waals surface area contributed by atoms with Crippen LogP contribution < -0.4 is 10.1 Å². The molecule has 0 unspecified atom stereocenters. The predicted molar refractivity (Wildman–Crippen MR) is 126 cm³/mol. The fourth-order valence-corrected chi connectivity index (χ4v) is 3.61. The molecule has 0 bridgehead atoms. The van der Waals surface area contributed by atoms with Crippen molar-refractivity contribution in [2.75, 3.05) is 5.32 Å². The van der Waals surface area contributed by atoms with Gasteiger partial charge >= 0.3 is 5.69 Å². The lowest BCUT2D eigenvalue weighted by Gasteiger charge is -2.08. The van der Waals surface area contributed by atoms with Crippen molar-refractivity contribution in [3.05, 3.63) is 98.6 Å². The van der Waals surface area contributed by atoms with E-state index in [-0.39, 0.29) is 23.9 Å². The lowest BCUT2D eigenvalue weighted by atomic mass is 10.2. The molecular formula is C23H21ClN6O4. The lowest BCUT2D eigenvalue weighted by molar-refractivity contribution is -0.386. The molecule has 4 rings (SSSR count). The molecule has 4 aromatic rings. The number of nitrogens with one attached hydrogen (secondary N) is 1. The first-order valence-electron chi connectivity index (χ1n) is 10.3. The van der Waals surface area contributed by atoms with Crippen LogP contribution in [0.3, 0.4) is 0 Å². The van der Waals surface area contributed by atoms with Gasteiger partial charge in [0.05, 0.1) is 28.5 Å². The van der Waals surface area contributed by atoms with Crippen molar-refractivity contribution in [1.29, 1.82) is 0 Å². The average Bonchev–Trinajstić information content (AvgIpc) is 3.40. The Morgan fingerprint density at radius 2 is 1.85 bits per heavy atom. The molecule has 11 heteroatoms. The van der Waals surface area contributed by atoms with E-state index in [0.717, 1.165) is 11.3 Å². The Morgan fingerprint density at radius 3 is 2.62 bits per heavy atom. The summed E-state index contributed by atoms with van der Waals surface area (Å²) in [4.78, 5) is 23.4. The minimum atomic E-state index is -0.520. The number of hydrogen-bond acceptors (Lipinski definition) is 6. The summed E-state index contributed by atoms with van der Waals surface area (Å²) >= 11 is 6.26. The highest BCUT2D eigenvalue weighted by atomic mass is 35.5. The number of para-hydroxylation sites is 2. The van der Waals surface area contributed by atoms with Crippen molar-refractivity contribution in [2.24, 2.45) is 0 Å². The zero-order valence-corrected chi connectivity index (χ0v) is 19.2. The first-order valence-corrected chi connectivity index (χ1v) is 10.7. The van der Waals surface area contributed by atoms with Crippen LogP contribution in [0.4, 0.5) is 11.4 Å². The number of amides is 1. The highest BCUT2D eigenvalue weighted by molar-refractivity contribution is 6.31. The Labute approximate surface area is 199 Å². The number of hydrogen-bond donors (Lipinski definition) is 1. The molecular weight excluding hydrogens is 460 g/mol. The van der Waals surface area contributed by atoms with Crippen LogP contribution in [0.15, 0.2) is 60.8 Å². The van der Waals surface area contributed by atoms with Gasteiger partial charge < -0.3 is 10.1 Å². The van der Waals surface area contributed by atoms with Gasteiger partial charge in [0.2, 0.25) is 0 Å². The number of nitro groups is 1. The number of ether oxygens (including phenoxy) is 1. The lowest BCUT2D eigenvalue weighted by Crippen LogP contribution is -2.15. The molecule has 10 nitrogen and oxygen atoms in total. The highest BCUT2D eigenvalue weighted by Gasteiger charge is 2.18. The number of anilines is 1. The number of aryl methyl sites for hydroxylation is 1. The largest absolute Gasteiger partial charge is 0.464 e. The number of nitro benzene ring substituents is 1. The second-order valence-electron chi connectivity index (χ2n) is 7.49. The average molecular weight is 481 g/mol. The summed E-state index contributed by atoms with van der Waals surface area (Å²) in [6.07, 6.45) is 1.56. The van der Waals surface area contributed by atoms with Crippen LogP contribution in [0.2, 0.25) is 5.02 Å². The normalized spacial score (nSPS) is 10.8. The number of rotatable bonds is 8. The van der Waals surface area contributed by atoms with Gasteiger partial charge in [-0.2, -0.15) is 10.2 Å².